The van der Waals surface area contributed by atoms with Gasteiger partial charge in [0.2, 0.25) is 0 Å². The normalized spacial score (nSPS) is 17.7. The molecule has 0 aromatic heterocycles. The Labute approximate surface area is 217 Å². The third kappa shape index (κ3) is 5.97. The lowest BCUT2D eigenvalue weighted by atomic mass is 9.94. The summed E-state index contributed by atoms with van der Waals surface area (Å²) in [5, 5.41) is 9.33. The number of sulfone groups is 1. The van der Waals surface area contributed by atoms with Gasteiger partial charge in [-0.05, 0) is 87.1 Å². The molecule has 0 atom stereocenters. The Bertz CT molecular complexity index is 1180. The SMILES string of the molecule is COc1ccc(C(=O)CCCCOc2ccc(S(=O)(=O)C3(C(=O)NO)CCN(C4CC4)CC3)cc2)cc1. The third-order valence-corrected chi connectivity index (χ3v) is 9.83. The van der Waals surface area contributed by atoms with Crippen molar-refractivity contribution in [2.75, 3.05) is 26.8 Å². The van der Waals surface area contributed by atoms with Crippen molar-refractivity contribution in [3.63, 3.8) is 0 Å². The third-order valence-electron chi connectivity index (χ3n) is 7.31. The van der Waals surface area contributed by atoms with Gasteiger partial charge in [-0.15, -0.1) is 0 Å². The lowest BCUT2D eigenvalue weighted by molar-refractivity contribution is -0.133. The number of nitrogens with zero attached hydrogens (tertiary/aromatic N) is 1. The number of Topliss-reactive ketones (excluding diaryl/α,β-unsaturated/α-hetero) is 1. The zero-order chi connectivity index (χ0) is 26.5. The Kier molecular flexibility index (Phi) is 8.51. The van der Waals surface area contributed by atoms with Gasteiger partial charge in [0, 0.05) is 31.1 Å². The van der Waals surface area contributed by atoms with Crippen LogP contribution in [0.25, 0.3) is 0 Å². The van der Waals surface area contributed by atoms with Crippen LogP contribution in [0.1, 0.15) is 55.3 Å². The maximum atomic E-state index is 13.6. The molecule has 200 valence electrons. The Balaban J connectivity index is 1.30. The molecule has 2 aromatic carbocycles. The lowest BCUT2D eigenvalue weighted by Crippen LogP contribution is -2.58. The zero-order valence-corrected chi connectivity index (χ0v) is 21.8. The smallest absolute Gasteiger partial charge is 0.265 e. The average molecular weight is 531 g/mol. The minimum absolute atomic E-state index is 0.0217. The van der Waals surface area contributed by atoms with Crippen LogP contribution in [0.4, 0.5) is 0 Å². The van der Waals surface area contributed by atoms with Gasteiger partial charge in [-0.1, -0.05) is 0 Å². The largest absolute Gasteiger partial charge is 0.497 e. The van der Waals surface area contributed by atoms with Crippen LogP contribution in [0.15, 0.2) is 53.4 Å². The summed E-state index contributed by atoms with van der Waals surface area (Å²) >= 11 is 0. The van der Waals surface area contributed by atoms with E-state index in [2.05, 4.69) is 4.90 Å². The van der Waals surface area contributed by atoms with E-state index in [-0.39, 0.29) is 23.5 Å². The maximum absolute atomic E-state index is 13.6. The molecule has 2 aliphatic rings. The second kappa shape index (κ2) is 11.6. The molecule has 2 N–H and O–H groups in total. The first kappa shape index (κ1) is 27.1. The van der Waals surface area contributed by atoms with Crippen LogP contribution in [0, 0.1) is 0 Å². The number of unbranched alkanes of at least 4 members (excludes halogenated alkanes) is 1. The van der Waals surface area contributed by atoms with Crippen LogP contribution >= 0.6 is 0 Å². The number of carbonyl (C=O) groups is 2. The highest BCUT2D eigenvalue weighted by atomic mass is 32.2. The molecule has 4 rings (SSSR count). The van der Waals surface area contributed by atoms with Gasteiger partial charge in [0.15, 0.2) is 20.4 Å². The molecule has 10 heteroatoms. The molecule has 9 nitrogen and oxygen atoms in total. The number of amides is 1. The summed E-state index contributed by atoms with van der Waals surface area (Å²) in [6.07, 6.45) is 4.20. The molecule has 1 aliphatic carbocycles. The van der Waals surface area contributed by atoms with Crippen LogP contribution in [-0.4, -0.2) is 67.8 Å². The van der Waals surface area contributed by atoms with Gasteiger partial charge in [0.1, 0.15) is 11.5 Å². The van der Waals surface area contributed by atoms with Gasteiger partial charge < -0.3 is 14.4 Å². The topological polar surface area (TPSA) is 122 Å². The predicted octanol–water partition coefficient (Wildman–Crippen LogP) is 3.40. The number of ketones is 1. The predicted molar refractivity (Wildman–Crippen MR) is 137 cm³/mol. The first-order valence-corrected chi connectivity index (χ1v) is 14.1. The number of methoxy groups -OCH3 is 1. The van der Waals surface area contributed by atoms with E-state index in [1.807, 2.05) is 0 Å². The van der Waals surface area contributed by atoms with Crippen LogP contribution in [0.3, 0.4) is 0 Å². The van der Waals surface area contributed by atoms with Crippen LogP contribution < -0.4 is 15.0 Å². The number of likely N-dealkylation sites (tertiary alicyclic amines) is 1. The number of nitrogens with one attached hydrogen (secondary N) is 1. The number of hydrogen-bond donors (Lipinski definition) is 2. The van der Waals surface area contributed by atoms with Gasteiger partial charge in [-0.2, -0.15) is 0 Å². The van der Waals surface area contributed by atoms with E-state index in [0.29, 0.717) is 62.1 Å². The molecule has 0 radical (unpaired) electrons. The lowest BCUT2D eigenvalue weighted by Gasteiger charge is -2.39. The first-order chi connectivity index (χ1) is 17.8. The van der Waals surface area contributed by atoms with Gasteiger partial charge in [0.25, 0.3) is 5.91 Å². The fraction of sp³-hybridized carbons (Fsp3) is 0.481. The molecule has 1 saturated carbocycles. The Hall–Kier alpha value is -2.95. The number of rotatable bonds is 12. The van der Waals surface area contributed by atoms with E-state index in [1.165, 1.54) is 12.1 Å². The second-order valence-corrected chi connectivity index (χ2v) is 11.9. The molecule has 2 aromatic rings. The highest BCUT2D eigenvalue weighted by molar-refractivity contribution is 7.93. The highest BCUT2D eigenvalue weighted by Crippen LogP contribution is 2.39. The van der Waals surface area contributed by atoms with E-state index in [9.17, 15) is 23.2 Å². The number of hydroxylamine groups is 1. The Morgan fingerprint density at radius 2 is 1.62 bits per heavy atom. The maximum Gasteiger partial charge on any atom is 0.265 e. The van der Waals surface area contributed by atoms with E-state index in [4.69, 9.17) is 9.47 Å². The highest BCUT2D eigenvalue weighted by Gasteiger charge is 2.53. The summed E-state index contributed by atoms with van der Waals surface area (Å²) in [5.41, 5.74) is 2.24. The molecule has 1 amide bonds. The van der Waals surface area contributed by atoms with Gasteiger partial charge in [-0.25, -0.2) is 13.9 Å². The molecule has 2 fully saturated rings. The number of benzene rings is 2. The van der Waals surface area contributed by atoms with E-state index < -0.39 is 20.5 Å². The fourth-order valence-electron chi connectivity index (χ4n) is 4.85. The summed E-state index contributed by atoms with van der Waals surface area (Å²) < 4.78 is 36.2. The van der Waals surface area contributed by atoms with E-state index in [1.54, 1.807) is 49.0 Å². The van der Waals surface area contributed by atoms with Gasteiger partial charge in [0.05, 0.1) is 18.6 Å². The molecule has 0 unspecified atom stereocenters. The molecule has 1 heterocycles. The van der Waals surface area contributed by atoms with Crippen LogP contribution in [0.5, 0.6) is 11.5 Å². The molecule has 0 bridgehead atoms. The van der Waals surface area contributed by atoms with E-state index in [0.717, 1.165) is 12.8 Å². The summed E-state index contributed by atoms with van der Waals surface area (Å²) in [6, 6.07) is 13.5. The average Bonchev–Trinajstić information content (AvgIpc) is 3.78. The van der Waals surface area contributed by atoms with Gasteiger partial charge >= 0.3 is 0 Å². The van der Waals surface area contributed by atoms with Crippen molar-refractivity contribution in [1.82, 2.24) is 10.4 Å². The van der Waals surface area contributed by atoms with Crippen molar-refractivity contribution in [3.05, 3.63) is 54.1 Å². The fourth-order valence-corrected chi connectivity index (χ4v) is 6.80. The molecule has 0 spiro atoms. The molecule has 1 saturated heterocycles. The summed E-state index contributed by atoms with van der Waals surface area (Å²) in [5.74, 6) is 0.382. The molecule has 1 aliphatic heterocycles. The summed E-state index contributed by atoms with van der Waals surface area (Å²) in [7, 11) is -2.47. The zero-order valence-electron chi connectivity index (χ0n) is 21.0. The standard InChI is InChI=1S/C27H34N2O7S/c1-35-22-9-5-20(6-10-22)25(30)4-2-3-19-36-23-11-13-24(14-12-23)37(33,34)27(26(31)28-32)15-17-29(18-16-27)21-7-8-21/h5-6,9-14,21,32H,2-4,7-8,15-19H2,1H3,(H,28,31). The minimum Gasteiger partial charge on any atom is -0.497 e. The Morgan fingerprint density at radius 3 is 2.19 bits per heavy atom. The Morgan fingerprint density at radius 1 is 1.00 bits per heavy atom. The number of ether oxygens (including phenoxy) is 2. The summed E-state index contributed by atoms with van der Waals surface area (Å²) in [4.78, 5) is 27.2. The van der Waals surface area contributed by atoms with Crippen molar-refractivity contribution in [1.29, 1.82) is 0 Å². The molecular weight excluding hydrogens is 496 g/mol. The van der Waals surface area contributed by atoms with Crippen molar-refractivity contribution < 1.29 is 32.7 Å². The van der Waals surface area contributed by atoms with Crippen LogP contribution in [0.2, 0.25) is 0 Å². The number of hydrogen-bond acceptors (Lipinski definition) is 8. The summed E-state index contributed by atoms with van der Waals surface area (Å²) in [6.45, 7) is 1.38. The quantitative estimate of drug-likeness (QED) is 0.185. The van der Waals surface area contributed by atoms with Gasteiger partial charge in [-0.3, -0.25) is 14.8 Å². The van der Waals surface area contributed by atoms with Crippen LogP contribution in [-0.2, 0) is 14.6 Å². The van der Waals surface area contributed by atoms with Crippen molar-refractivity contribution >= 4 is 21.5 Å². The molecule has 37 heavy (non-hydrogen) atoms. The number of carbonyl (C=O) groups excluding carboxylic acids is 2. The van der Waals surface area contributed by atoms with Crippen molar-refractivity contribution in [2.45, 2.75) is 60.6 Å². The first-order valence-electron chi connectivity index (χ1n) is 12.6. The van der Waals surface area contributed by atoms with Crippen molar-refractivity contribution in [3.8, 4) is 11.5 Å². The molecular formula is C27H34N2O7S. The monoisotopic (exact) mass is 530 g/mol. The second-order valence-electron chi connectivity index (χ2n) is 9.63. The van der Waals surface area contributed by atoms with Crippen molar-refractivity contribution in [2.24, 2.45) is 0 Å². The number of piperidine rings is 1. The van der Waals surface area contributed by atoms with E-state index >= 15 is 0 Å². The minimum atomic E-state index is -4.05.